The summed E-state index contributed by atoms with van der Waals surface area (Å²) < 4.78 is 1.26. The number of para-hydroxylation sites is 1. The van der Waals surface area contributed by atoms with Gasteiger partial charge >= 0.3 is 0 Å². The van der Waals surface area contributed by atoms with Crippen LogP contribution in [0.4, 0.5) is 5.69 Å². The van der Waals surface area contributed by atoms with Crippen molar-refractivity contribution in [2.45, 2.75) is 46.1 Å². The van der Waals surface area contributed by atoms with E-state index >= 15 is 0 Å². The van der Waals surface area contributed by atoms with Crippen molar-refractivity contribution in [1.29, 1.82) is 5.26 Å². The van der Waals surface area contributed by atoms with Crippen molar-refractivity contribution in [3.8, 4) is 11.9 Å². The van der Waals surface area contributed by atoms with Crippen LogP contribution in [0.2, 0.25) is 5.02 Å². The van der Waals surface area contributed by atoms with Gasteiger partial charge in [-0.1, -0.05) is 49.9 Å². The molecule has 0 saturated carbocycles. The quantitative estimate of drug-likeness (QED) is 0.565. The SMILES string of the molecule is CCCCCCn1c(O)c(C=Nc2ccccc2Cl)c(C)c(C#N)c1=O. The second kappa shape index (κ2) is 9.21. The maximum absolute atomic E-state index is 12.5. The van der Waals surface area contributed by atoms with E-state index in [1.54, 1.807) is 31.2 Å². The number of nitriles is 1. The number of hydrogen-bond donors (Lipinski definition) is 1. The highest BCUT2D eigenvalue weighted by Crippen LogP contribution is 2.26. The molecule has 0 amide bonds. The van der Waals surface area contributed by atoms with Gasteiger partial charge < -0.3 is 5.11 Å². The van der Waals surface area contributed by atoms with Crippen molar-refractivity contribution in [2.75, 3.05) is 0 Å². The van der Waals surface area contributed by atoms with Gasteiger partial charge in [-0.25, -0.2) is 0 Å². The lowest BCUT2D eigenvalue weighted by molar-refractivity contribution is 0.397. The molecule has 0 aliphatic heterocycles. The van der Waals surface area contributed by atoms with Gasteiger partial charge in [0.05, 0.1) is 16.3 Å². The van der Waals surface area contributed by atoms with Crippen molar-refractivity contribution in [3.05, 3.63) is 56.3 Å². The molecule has 26 heavy (non-hydrogen) atoms. The predicted molar refractivity (Wildman–Crippen MR) is 105 cm³/mol. The van der Waals surface area contributed by atoms with Crippen LogP contribution in [-0.4, -0.2) is 15.9 Å². The molecule has 0 aliphatic rings. The fourth-order valence-electron chi connectivity index (χ4n) is 2.72. The molecule has 6 heteroatoms. The third-order valence-electron chi connectivity index (χ3n) is 4.27. The van der Waals surface area contributed by atoms with E-state index in [0.717, 1.165) is 25.7 Å². The molecule has 136 valence electrons. The zero-order chi connectivity index (χ0) is 19.1. The predicted octanol–water partition coefficient (Wildman–Crippen LogP) is 4.72. The number of nitrogens with zero attached hydrogens (tertiary/aromatic N) is 3. The van der Waals surface area contributed by atoms with Crippen molar-refractivity contribution in [2.24, 2.45) is 4.99 Å². The van der Waals surface area contributed by atoms with E-state index in [-0.39, 0.29) is 11.4 Å². The minimum absolute atomic E-state index is 0.0268. The number of unbranched alkanes of at least 4 members (excludes halogenated alkanes) is 3. The molecule has 0 fully saturated rings. The molecule has 2 rings (SSSR count). The minimum Gasteiger partial charge on any atom is -0.494 e. The first-order chi connectivity index (χ1) is 12.5. The number of aromatic nitrogens is 1. The molecule has 0 saturated heterocycles. The topological polar surface area (TPSA) is 78.4 Å². The van der Waals surface area contributed by atoms with Gasteiger partial charge in [-0.15, -0.1) is 0 Å². The van der Waals surface area contributed by atoms with Gasteiger partial charge in [-0.05, 0) is 31.0 Å². The molecule has 0 radical (unpaired) electrons. The molecule has 1 N–H and O–H groups in total. The van der Waals surface area contributed by atoms with E-state index in [0.29, 0.717) is 28.4 Å². The molecule has 0 spiro atoms. The van der Waals surface area contributed by atoms with E-state index in [1.807, 2.05) is 6.07 Å². The summed E-state index contributed by atoms with van der Waals surface area (Å²) in [5.74, 6) is -0.168. The van der Waals surface area contributed by atoms with Gasteiger partial charge in [0, 0.05) is 12.8 Å². The van der Waals surface area contributed by atoms with E-state index in [9.17, 15) is 15.2 Å². The fourth-order valence-corrected chi connectivity index (χ4v) is 2.90. The molecule has 1 heterocycles. The Balaban J connectivity index is 2.47. The van der Waals surface area contributed by atoms with E-state index in [4.69, 9.17) is 11.6 Å². The summed E-state index contributed by atoms with van der Waals surface area (Å²) in [5, 5.41) is 20.5. The van der Waals surface area contributed by atoms with Crippen molar-refractivity contribution >= 4 is 23.5 Å². The maximum atomic E-state index is 12.5. The Labute approximate surface area is 158 Å². The standard InChI is InChI=1S/C20H22ClN3O2/c1-3-4-5-8-11-24-19(25)15(12-22)14(2)16(20(24)26)13-23-18-10-7-6-9-17(18)21/h6-7,9-10,13,26H,3-5,8,11H2,1-2H3. The second-order valence-corrected chi connectivity index (χ2v) is 6.48. The Bertz CT molecular complexity index is 910. The molecular weight excluding hydrogens is 350 g/mol. The Morgan fingerprint density at radius 1 is 1.31 bits per heavy atom. The van der Waals surface area contributed by atoms with Crippen LogP contribution in [0, 0.1) is 18.3 Å². The molecule has 0 bridgehead atoms. The number of halogens is 1. The minimum atomic E-state index is -0.464. The maximum Gasteiger partial charge on any atom is 0.271 e. The van der Waals surface area contributed by atoms with Crippen LogP contribution in [0.1, 0.15) is 49.3 Å². The summed E-state index contributed by atoms with van der Waals surface area (Å²) in [5.41, 5.74) is 0.882. The smallest absolute Gasteiger partial charge is 0.271 e. The van der Waals surface area contributed by atoms with Gasteiger partial charge in [-0.3, -0.25) is 14.4 Å². The normalized spacial score (nSPS) is 11.0. The number of hydrogen-bond acceptors (Lipinski definition) is 4. The average Bonchev–Trinajstić information content (AvgIpc) is 2.62. The third kappa shape index (κ3) is 4.33. The van der Waals surface area contributed by atoms with E-state index < -0.39 is 5.56 Å². The molecule has 1 aromatic heterocycles. The summed E-state index contributed by atoms with van der Waals surface area (Å²) in [7, 11) is 0. The monoisotopic (exact) mass is 371 g/mol. The van der Waals surface area contributed by atoms with Gasteiger partial charge in [0.15, 0.2) is 0 Å². The summed E-state index contributed by atoms with van der Waals surface area (Å²) in [6.07, 6.45) is 5.31. The first-order valence-electron chi connectivity index (χ1n) is 8.66. The van der Waals surface area contributed by atoms with Crippen molar-refractivity contribution in [1.82, 2.24) is 4.57 Å². The van der Waals surface area contributed by atoms with Gasteiger partial charge in [0.1, 0.15) is 11.6 Å². The number of benzene rings is 1. The van der Waals surface area contributed by atoms with Crippen molar-refractivity contribution < 1.29 is 5.11 Å². The Morgan fingerprint density at radius 2 is 2.04 bits per heavy atom. The van der Waals surface area contributed by atoms with Gasteiger partial charge in [0.2, 0.25) is 5.88 Å². The molecule has 0 unspecified atom stereocenters. The Hall–Kier alpha value is -2.58. The van der Waals surface area contributed by atoms with Crippen LogP contribution in [0.3, 0.4) is 0 Å². The molecule has 0 aliphatic carbocycles. The zero-order valence-electron chi connectivity index (χ0n) is 15.0. The van der Waals surface area contributed by atoms with Gasteiger partial charge in [-0.2, -0.15) is 5.26 Å². The first-order valence-corrected chi connectivity index (χ1v) is 9.04. The van der Waals surface area contributed by atoms with Crippen molar-refractivity contribution in [3.63, 3.8) is 0 Å². The van der Waals surface area contributed by atoms with Crippen LogP contribution in [0.15, 0.2) is 34.1 Å². The van der Waals surface area contributed by atoms with Crippen LogP contribution in [0.5, 0.6) is 5.88 Å². The zero-order valence-corrected chi connectivity index (χ0v) is 15.8. The molecule has 1 aromatic carbocycles. The van der Waals surface area contributed by atoms with E-state index in [2.05, 4.69) is 11.9 Å². The average molecular weight is 372 g/mol. The Morgan fingerprint density at radius 3 is 2.69 bits per heavy atom. The van der Waals surface area contributed by atoms with E-state index in [1.165, 1.54) is 10.8 Å². The summed E-state index contributed by atoms with van der Waals surface area (Å²) in [6.45, 7) is 4.11. The lowest BCUT2D eigenvalue weighted by Gasteiger charge is -2.14. The highest BCUT2D eigenvalue weighted by atomic mass is 35.5. The largest absolute Gasteiger partial charge is 0.494 e. The van der Waals surface area contributed by atoms with Crippen LogP contribution in [0.25, 0.3) is 0 Å². The Kier molecular flexibility index (Phi) is 6.99. The molecule has 5 nitrogen and oxygen atoms in total. The lowest BCUT2D eigenvalue weighted by Crippen LogP contribution is -2.25. The van der Waals surface area contributed by atoms with Crippen LogP contribution < -0.4 is 5.56 Å². The second-order valence-electron chi connectivity index (χ2n) is 6.08. The van der Waals surface area contributed by atoms with Gasteiger partial charge in [0.25, 0.3) is 5.56 Å². The fraction of sp³-hybridized carbons (Fsp3) is 0.350. The number of aromatic hydroxyl groups is 1. The van der Waals surface area contributed by atoms with Crippen LogP contribution >= 0.6 is 11.6 Å². The summed E-state index contributed by atoms with van der Waals surface area (Å²) in [6, 6.07) is 9.02. The highest BCUT2D eigenvalue weighted by molar-refractivity contribution is 6.33. The number of aliphatic imine (C=N–C) groups is 1. The number of rotatable bonds is 7. The summed E-state index contributed by atoms with van der Waals surface area (Å²) >= 11 is 6.10. The molecular formula is C20H22ClN3O2. The molecule has 2 aromatic rings. The molecule has 0 atom stereocenters. The highest BCUT2D eigenvalue weighted by Gasteiger charge is 2.17. The number of pyridine rings is 1. The first kappa shape index (κ1) is 19.7. The third-order valence-corrected chi connectivity index (χ3v) is 4.59. The summed E-state index contributed by atoms with van der Waals surface area (Å²) in [4.78, 5) is 16.8. The van der Waals surface area contributed by atoms with Crippen LogP contribution in [-0.2, 0) is 6.54 Å². The lowest BCUT2D eigenvalue weighted by atomic mass is 10.1.